The van der Waals surface area contributed by atoms with Gasteiger partial charge in [-0.1, -0.05) is 121 Å². The first kappa shape index (κ1) is 21.5. The number of benzene rings is 4. The van der Waals surface area contributed by atoms with Gasteiger partial charge in [-0.15, -0.1) is 0 Å². The van der Waals surface area contributed by atoms with Crippen LogP contribution in [0.15, 0.2) is 121 Å². The summed E-state index contributed by atoms with van der Waals surface area (Å²) in [5, 5.41) is 5.43. The van der Waals surface area contributed by atoms with Crippen molar-refractivity contribution in [3.8, 4) is 0 Å². The molecule has 2 unspecified atom stereocenters. The Morgan fingerprint density at radius 2 is 0.938 bits per heavy atom. The van der Waals surface area contributed by atoms with Gasteiger partial charge in [0.15, 0.2) is 0 Å². The molecule has 32 heavy (non-hydrogen) atoms. The Balaban J connectivity index is 1.49. The van der Waals surface area contributed by atoms with E-state index in [9.17, 15) is 0 Å². The Morgan fingerprint density at radius 3 is 1.38 bits per heavy atom. The number of ether oxygens (including phenoxy) is 2. The Labute approximate surface area is 192 Å². The highest BCUT2D eigenvalue weighted by Gasteiger charge is 2.39. The van der Waals surface area contributed by atoms with Crippen LogP contribution in [0.3, 0.4) is 0 Å². The van der Waals surface area contributed by atoms with E-state index in [4.69, 9.17) is 9.47 Å². The molecule has 2 atom stereocenters. The molecule has 5 rings (SSSR count). The molecule has 0 amide bonds. The van der Waals surface area contributed by atoms with Crippen LogP contribution in [-0.2, 0) is 9.47 Å². The van der Waals surface area contributed by atoms with Gasteiger partial charge < -0.3 is 9.47 Å². The van der Waals surface area contributed by atoms with Gasteiger partial charge in [-0.3, -0.25) is 0 Å². The molecule has 0 aromatic heterocycles. The van der Waals surface area contributed by atoms with Crippen molar-refractivity contribution in [1.82, 2.24) is 0 Å². The zero-order valence-corrected chi connectivity index (χ0v) is 19.6. The average molecular weight is 456 g/mol. The molecule has 1 saturated heterocycles. The Kier molecular flexibility index (Phi) is 7.07. The molecule has 0 spiro atoms. The van der Waals surface area contributed by atoms with Gasteiger partial charge in [0.25, 0.3) is 0 Å². The van der Waals surface area contributed by atoms with E-state index in [-0.39, 0.29) is 11.9 Å². The predicted octanol–water partition coefficient (Wildman–Crippen LogP) is 4.95. The van der Waals surface area contributed by atoms with Gasteiger partial charge in [-0.25, -0.2) is 0 Å². The molecular weight excluding hydrogens is 430 g/mol. The van der Waals surface area contributed by atoms with E-state index < -0.39 is 15.8 Å². The summed E-state index contributed by atoms with van der Waals surface area (Å²) in [6.45, 7) is 0.362. The first-order valence-corrected chi connectivity index (χ1v) is 13.8. The highest BCUT2D eigenvalue weighted by atomic mass is 31.1. The molecule has 1 aliphatic rings. The van der Waals surface area contributed by atoms with Crippen molar-refractivity contribution in [2.24, 2.45) is 0 Å². The van der Waals surface area contributed by atoms with Gasteiger partial charge in [-0.05, 0) is 37.1 Å². The lowest BCUT2D eigenvalue weighted by atomic mass is 10.4. The zero-order valence-electron chi connectivity index (χ0n) is 17.8. The van der Waals surface area contributed by atoms with Crippen LogP contribution in [0, 0.1) is 0 Å². The fraction of sp³-hybridized carbons (Fsp3) is 0.143. The van der Waals surface area contributed by atoms with E-state index in [0.717, 1.165) is 6.16 Å². The second-order valence-corrected chi connectivity index (χ2v) is 12.2. The summed E-state index contributed by atoms with van der Waals surface area (Å²) in [5.74, 6) is 0.0345. The topological polar surface area (TPSA) is 18.5 Å². The minimum atomic E-state index is -0.697. The van der Waals surface area contributed by atoms with E-state index in [2.05, 4.69) is 121 Å². The zero-order chi connectivity index (χ0) is 21.6. The second kappa shape index (κ2) is 10.5. The smallest absolute Gasteiger partial charge is 0.148 e. The van der Waals surface area contributed by atoms with Crippen LogP contribution < -0.4 is 21.2 Å². The summed E-state index contributed by atoms with van der Waals surface area (Å²) in [4.78, 5) is 0. The predicted molar refractivity (Wildman–Crippen MR) is 138 cm³/mol. The molecule has 4 aromatic carbocycles. The van der Waals surface area contributed by atoms with Gasteiger partial charge in [0.05, 0.1) is 6.10 Å². The summed E-state index contributed by atoms with van der Waals surface area (Å²) < 4.78 is 12.6. The largest absolute Gasteiger partial charge is 0.349 e. The lowest BCUT2D eigenvalue weighted by Crippen LogP contribution is -2.33. The van der Waals surface area contributed by atoms with Crippen molar-refractivity contribution in [1.29, 1.82) is 0 Å². The summed E-state index contributed by atoms with van der Waals surface area (Å²) in [5.41, 5.74) is 0. The number of hydrogen-bond acceptors (Lipinski definition) is 2. The van der Waals surface area contributed by atoms with Gasteiger partial charge >= 0.3 is 0 Å². The fourth-order valence-corrected chi connectivity index (χ4v) is 9.36. The van der Waals surface area contributed by atoms with Crippen molar-refractivity contribution in [3.05, 3.63) is 121 Å². The average Bonchev–Trinajstić information content (AvgIpc) is 3.33. The normalized spacial score (nSPS) is 18.3. The summed E-state index contributed by atoms with van der Waals surface area (Å²) >= 11 is 0. The third-order valence-corrected chi connectivity index (χ3v) is 10.9. The quantitative estimate of drug-likeness (QED) is 0.367. The first-order valence-electron chi connectivity index (χ1n) is 10.9. The second-order valence-electron chi connectivity index (χ2n) is 7.70. The van der Waals surface area contributed by atoms with E-state index in [0.29, 0.717) is 6.79 Å². The molecule has 0 radical (unpaired) electrons. The lowest BCUT2D eigenvalue weighted by molar-refractivity contribution is 0.0498. The standard InChI is InChI=1S/C28H26O2P2/c1-5-13-23(14-6-1)31(24-15-7-2-8-16-24)21-27-28(30-22-29-27)32(25-17-9-3-10-18-25)26-19-11-4-12-20-26/h1-20,27-28H,21-22H2. The molecule has 0 bridgehead atoms. The van der Waals surface area contributed by atoms with Crippen molar-refractivity contribution in [3.63, 3.8) is 0 Å². The summed E-state index contributed by atoms with van der Waals surface area (Å²) in [6.07, 6.45) is 1.00. The van der Waals surface area contributed by atoms with Crippen LogP contribution in [0.1, 0.15) is 0 Å². The highest BCUT2D eigenvalue weighted by Crippen LogP contribution is 2.48. The number of rotatable bonds is 7. The number of hydrogen-bond donors (Lipinski definition) is 0. The highest BCUT2D eigenvalue weighted by molar-refractivity contribution is 7.74. The summed E-state index contributed by atoms with van der Waals surface area (Å²) in [6, 6.07) is 43.3. The molecule has 0 N–H and O–H groups in total. The molecule has 2 nitrogen and oxygen atoms in total. The Bertz CT molecular complexity index is 1010. The maximum atomic E-state index is 6.33. The van der Waals surface area contributed by atoms with Crippen molar-refractivity contribution in [2.75, 3.05) is 13.0 Å². The van der Waals surface area contributed by atoms with Crippen LogP contribution >= 0.6 is 15.8 Å². The van der Waals surface area contributed by atoms with Gasteiger partial charge in [-0.2, -0.15) is 0 Å². The van der Waals surface area contributed by atoms with E-state index in [1.807, 2.05) is 0 Å². The molecule has 160 valence electrons. The Morgan fingerprint density at radius 1 is 0.531 bits per heavy atom. The van der Waals surface area contributed by atoms with E-state index in [1.54, 1.807) is 0 Å². The van der Waals surface area contributed by atoms with Crippen molar-refractivity contribution in [2.45, 2.75) is 11.9 Å². The van der Waals surface area contributed by atoms with Crippen molar-refractivity contribution >= 4 is 37.1 Å². The van der Waals surface area contributed by atoms with Gasteiger partial charge in [0.2, 0.25) is 0 Å². The van der Waals surface area contributed by atoms with Crippen molar-refractivity contribution < 1.29 is 9.47 Å². The molecule has 4 heteroatoms. The molecule has 4 aromatic rings. The van der Waals surface area contributed by atoms with Gasteiger partial charge in [0, 0.05) is 6.16 Å². The molecular formula is C28H26O2P2. The molecule has 0 saturated carbocycles. The monoisotopic (exact) mass is 456 g/mol. The third kappa shape index (κ3) is 4.85. The van der Waals surface area contributed by atoms with E-state index >= 15 is 0 Å². The van der Waals surface area contributed by atoms with Crippen LogP contribution in [0.4, 0.5) is 0 Å². The lowest BCUT2D eigenvalue weighted by Gasteiger charge is -2.30. The maximum absolute atomic E-state index is 6.33. The first-order chi connectivity index (χ1) is 15.9. The molecule has 0 aliphatic carbocycles. The van der Waals surface area contributed by atoms with Crippen LogP contribution in [0.2, 0.25) is 0 Å². The SMILES string of the molecule is c1ccc(P(CC2OCOC2P(c2ccccc2)c2ccccc2)c2ccccc2)cc1. The van der Waals surface area contributed by atoms with Crippen LogP contribution in [0.25, 0.3) is 0 Å². The molecule has 1 heterocycles. The minimum absolute atomic E-state index is 0.0345. The fourth-order valence-electron chi connectivity index (χ4n) is 4.15. The van der Waals surface area contributed by atoms with Crippen LogP contribution in [-0.4, -0.2) is 24.9 Å². The minimum Gasteiger partial charge on any atom is -0.349 e. The third-order valence-electron chi connectivity index (χ3n) is 5.66. The summed E-state index contributed by atoms with van der Waals surface area (Å²) in [7, 11) is -1.24. The molecule has 1 fully saturated rings. The van der Waals surface area contributed by atoms with E-state index in [1.165, 1.54) is 21.2 Å². The van der Waals surface area contributed by atoms with Gasteiger partial charge in [0.1, 0.15) is 12.6 Å². The molecule has 1 aliphatic heterocycles. The Hall–Kier alpha value is -2.34. The maximum Gasteiger partial charge on any atom is 0.148 e. The van der Waals surface area contributed by atoms with Crippen LogP contribution in [0.5, 0.6) is 0 Å².